The molecular formula is C10H21NO3. The van der Waals surface area contributed by atoms with Gasteiger partial charge in [-0.05, 0) is 27.7 Å². The lowest BCUT2D eigenvalue weighted by Gasteiger charge is -2.18. The Hall–Kier alpha value is -0.610. The Labute approximate surface area is 86.0 Å². The van der Waals surface area contributed by atoms with Crippen LogP contribution in [0.25, 0.3) is 0 Å². The lowest BCUT2D eigenvalue weighted by molar-refractivity contribution is -0.130. The van der Waals surface area contributed by atoms with E-state index in [-0.39, 0.29) is 18.1 Å². The summed E-state index contributed by atoms with van der Waals surface area (Å²) in [7, 11) is 0. The number of nitrogens with one attached hydrogen (secondary N) is 1. The number of rotatable bonds is 6. The molecule has 0 heterocycles. The molecule has 0 aliphatic rings. The van der Waals surface area contributed by atoms with E-state index in [4.69, 9.17) is 9.47 Å². The minimum atomic E-state index is -0.267. The van der Waals surface area contributed by atoms with Crippen LogP contribution in [0.3, 0.4) is 0 Å². The van der Waals surface area contributed by atoms with Crippen molar-refractivity contribution in [3.05, 3.63) is 0 Å². The summed E-state index contributed by atoms with van der Waals surface area (Å²) in [5.74, 6) is -0.0976. The van der Waals surface area contributed by atoms with E-state index in [2.05, 4.69) is 5.32 Å². The molecule has 4 heteroatoms. The van der Waals surface area contributed by atoms with Crippen molar-refractivity contribution < 1.29 is 14.3 Å². The maximum Gasteiger partial charge on any atom is 0.246 e. The highest BCUT2D eigenvalue weighted by Gasteiger charge is 2.12. The fourth-order valence-electron chi connectivity index (χ4n) is 0.740. The molecule has 0 rings (SSSR count). The largest absolute Gasteiger partial charge is 0.380 e. The summed E-state index contributed by atoms with van der Waals surface area (Å²) in [5, 5.41) is 2.70. The third-order valence-corrected chi connectivity index (χ3v) is 1.41. The molecule has 0 radical (unpaired) electrons. The highest BCUT2D eigenvalue weighted by atomic mass is 16.5. The van der Waals surface area contributed by atoms with E-state index in [1.165, 1.54) is 0 Å². The molecular weight excluding hydrogens is 182 g/mol. The third kappa shape index (κ3) is 9.48. The molecule has 14 heavy (non-hydrogen) atoms. The van der Waals surface area contributed by atoms with Gasteiger partial charge in [0.25, 0.3) is 0 Å². The van der Waals surface area contributed by atoms with Crippen molar-refractivity contribution in [3.8, 4) is 0 Å². The van der Waals surface area contributed by atoms with E-state index >= 15 is 0 Å². The first kappa shape index (κ1) is 13.4. The van der Waals surface area contributed by atoms with Gasteiger partial charge in [0.05, 0.1) is 12.2 Å². The van der Waals surface area contributed by atoms with Gasteiger partial charge in [-0.1, -0.05) is 0 Å². The average molecular weight is 203 g/mol. The van der Waals surface area contributed by atoms with Gasteiger partial charge in [0.2, 0.25) is 5.91 Å². The quantitative estimate of drug-likeness (QED) is 0.654. The zero-order chi connectivity index (χ0) is 11.0. The van der Waals surface area contributed by atoms with Crippen molar-refractivity contribution in [2.24, 2.45) is 0 Å². The number of ether oxygens (including phenoxy) is 2. The summed E-state index contributed by atoms with van der Waals surface area (Å²) in [6.07, 6.45) is 0. The molecule has 0 fully saturated rings. The minimum Gasteiger partial charge on any atom is -0.380 e. The first-order chi connectivity index (χ1) is 6.45. The van der Waals surface area contributed by atoms with Crippen LogP contribution in [-0.4, -0.2) is 37.9 Å². The molecule has 0 bridgehead atoms. The lowest BCUT2D eigenvalue weighted by Crippen LogP contribution is -2.33. The standard InChI is InChI=1S/C10H21NO3/c1-5-13-7-6-11-9(12)8-14-10(2,3)4/h5-8H2,1-4H3,(H,11,12). The van der Waals surface area contributed by atoms with Gasteiger partial charge in [-0.25, -0.2) is 0 Å². The first-order valence-corrected chi connectivity index (χ1v) is 4.94. The van der Waals surface area contributed by atoms with Crippen LogP contribution >= 0.6 is 0 Å². The second kappa shape index (κ2) is 6.79. The molecule has 0 aromatic rings. The fraction of sp³-hybridized carbons (Fsp3) is 0.900. The topological polar surface area (TPSA) is 47.6 Å². The normalized spacial score (nSPS) is 11.4. The van der Waals surface area contributed by atoms with Crippen LogP contribution in [0.5, 0.6) is 0 Å². The monoisotopic (exact) mass is 203 g/mol. The van der Waals surface area contributed by atoms with E-state index in [9.17, 15) is 4.79 Å². The predicted molar refractivity (Wildman–Crippen MR) is 55.2 cm³/mol. The molecule has 0 saturated carbocycles. The summed E-state index contributed by atoms with van der Waals surface area (Å²) < 4.78 is 10.4. The molecule has 0 aromatic heterocycles. The van der Waals surface area contributed by atoms with Crippen LogP contribution in [0.1, 0.15) is 27.7 Å². The highest BCUT2D eigenvalue weighted by molar-refractivity contribution is 5.77. The van der Waals surface area contributed by atoms with Crippen LogP contribution in [0.15, 0.2) is 0 Å². The zero-order valence-electron chi connectivity index (χ0n) is 9.55. The second-order valence-electron chi connectivity index (χ2n) is 3.95. The smallest absolute Gasteiger partial charge is 0.246 e. The van der Waals surface area contributed by atoms with Crippen molar-refractivity contribution in [2.45, 2.75) is 33.3 Å². The summed E-state index contributed by atoms with van der Waals surface area (Å²) in [6.45, 7) is 9.55. The Balaban J connectivity index is 3.38. The van der Waals surface area contributed by atoms with Gasteiger partial charge in [-0.15, -0.1) is 0 Å². The molecule has 0 saturated heterocycles. The zero-order valence-corrected chi connectivity index (χ0v) is 9.55. The molecule has 4 nitrogen and oxygen atoms in total. The fourth-order valence-corrected chi connectivity index (χ4v) is 0.740. The van der Waals surface area contributed by atoms with Gasteiger partial charge in [0.15, 0.2) is 0 Å². The molecule has 0 unspecified atom stereocenters. The van der Waals surface area contributed by atoms with E-state index in [0.717, 1.165) is 0 Å². The Bertz CT molecular complexity index is 163. The molecule has 0 aliphatic carbocycles. The highest BCUT2D eigenvalue weighted by Crippen LogP contribution is 2.05. The van der Waals surface area contributed by atoms with Crippen molar-refractivity contribution >= 4 is 5.91 Å². The van der Waals surface area contributed by atoms with Crippen LogP contribution in [-0.2, 0) is 14.3 Å². The molecule has 0 aromatic carbocycles. The number of carbonyl (C=O) groups is 1. The number of amides is 1. The molecule has 1 amide bonds. The van der Waals surface area contributed by atoms with Gasteiger partial charge in [0, 0.05) is 13.2 Å². The van der Waals surface area contributed by atoms with Gasteiger partial charge in [-0.2, -0.15) is 0 Å². The van der Waals surface area contributed by atoms with E-state index in [1.54, 1.807) is 0 Å². The van der Waals surface area contributed by atoms with Crippen molar-refractivity contribution in [2.75, 3.05) is 26.4 Å². The summed E-state index contributed by atoms with van der Waals surface area (Å²) in [6, 6.07) is 0. The summed E-state index contributed by atoms with van der Waals surface area (Å²) in [5.41, 5.74) is -0.267. The van der Waals surface area contributed by atoms with E-state index in [0.29, 0.717) is 19.8 Å². The minimum absolute atomic E-state index is 0.0976. The van der Waals surface area contributed by atoms with Crippen LogP contribution < -0.4 is 5.32 Å². The first-order valence-electron chi connectivity index (χ1n) is 4.94. The SMILES string of the molecule is CCOCCNC(=O)COC(C)(C)C. The molecule has 0 spiro atoms. The number of hydrogen-bond acceptors (Lipinski definition) is 3. The summed E-state index contributed by atoms with van der Waals surface area (Å²) >= 11 is 0. The van der Waals surface area contributed by atoms with Crippen molar-refractivity contribution in [3.63, 3.8) is 0 Å². The molecule has 0 aliphatic heterocycles. The predicted octanol–water partition coefficient (Wildman–Crippen LogP) is 0.954. The second-order valence-corrected chi connectivity index (χ2v) is 3.95. The van der Waals surface area contributed by atoms with Crippen LogP contribution in [0.2, 0.25) is 0 Å². The Morgan fingerprint density at radius 3 is 2.50 bits per heavy atom. The van der Waals surface area contributed by atoms with E-state index < -0.39 is 0 Å². The Kier molecular flexibility index (Phi) is 6.49. The van der Waals surface area contributed by atoms with Crippen LogP contribution in [0.4, 0.5) is 0 Å². The Morgan fingerprint density at radius 1 is 1.36 bits per heavy atom. The summed E-state index contributed by atoms with van der Waals surface area (Å²) in [4.78, 5) is 11.2. The van der Waals surface area contributed by atoms with Gasteiger partial charge in [-0.3, -0.25) is 4.79 Å². The molecule has 0 atom stereocenters. The maximum atomic E-state index is 11.2. The van der Waals surface area contributed by atoms with E-state index in [1.807, 2.05) is 27.7 Å². The average Bonchev–Trinajstić information content (AvgIpc) is 2.08. The third-order valence-electron chi connectivity index (χ3n) is 1.41. The lowest BCUT2D eigenvalue weighted by atomic mass is 10.2. The van der Waals surface area contributed by atoms with Crippen LogP contribution in [0, 0.1) is 0 Å². The van der Waals surface area contributed by atoms with Gasteiger partial charge >= 0.3 is 0 Å². The molecule has 84 valence electrons. The van der Waals surface area contributed by atoms with Crippen molar-refractivity contribution in [1.29, 1.82) is 0 Å². The van der Waals surface area contributed by atoms with Gasteiger partial charge in [0.1, 0.15) is 6.61 Å². The number of hydrogen-bond donors (Lipinski definition) is 1. The Morgan fingerprint density at radius 2 is 2.00 bits per heavy atom. The van der Waals surface area contributed by atoms with Crippen molar-refractivity contribution in [1.82, 2.24) is 5.32 Å². The maximum absolute atomic E-state index is 11.2. The van der Waals surface area contributed by atoms with Gasteiger partial charge < -0.3 is 14.8 Å². The number of carbonyl (C=O) groups excluding carboxylic acids is 1. The molecule has 1 N–H and O–H groups in total.